The van der Waals surface area contributed by atoms with Gasteiger partial charge in [0, 0.05) is 6.04 Å². The number of hydrogen-bond acceptors (Lipinski definition) is 3. The lowest BCUT2D eigenvalue weighted by Gasteiger charge is -2.34. The molecule has 0 spiro atoms. The van der Waals surface area contributed by atoms with E-state index in [0.717, 1.165) is 25.9 Å². The number of nitrogens with zero attached hydrogens (tertiary/aromatic N) is 1. The first-order valence-electron chi connectivity index (χ1n) is 4.09. The number of rotatable bonds is 1. The molecule has 0 aromatic heterocycles. The van der Waals surface area contributed by atoms with E-state index >= 15 is 0 Å². The summed E-state index contributed by atoms with van der Waals surface area (Å²) in [5.74, 6) is 0. The van der Waals surface area contributed by atoms with Crippen molar-refractivity contribution in [1.29, 1.82) is 5.26 Å². The Labute approximate surface area is 79.7 Å². The molecule has 0 aromatic carbocycles. The third-order valence-electron chi connectivity index (χ3n) is 2.59. The summed E-state index contributed by atoms with van der Waals surface area (Å²) in [6.45, 7) is 3.78. The van der Waals surface area contributed by atoms with Gasteiger partial charge in [-0.25, -0.2) is 0 Å². The number of nitrogens with one attached hydrogen (secondary N) is 1. The number of nitrogens with two attached hydrogens (primary N) is 1. The van der Waals surface area contributed by atoms with Gasteiger partial charge in [0.2, 0.25) is 0 Å². The van der Waals surface area contributed by atoms with Crippen LogP contribution in [0.1, 0.15) is 19.8 Å². The van der Waals surface area contributed by atoms with Crippen LogP contribution in [-0.2, 0) is 0 Å². The van der Waals surface area contributed by atoms with Crippen molar-refractivity contribution in [2.24, 2.45) is 11.1 Å². The highest BCUT2D eigenvalue weighted by Crippen LogP contribution is 2.30. The van der Waals surface area contributed by atoms with E-state index in [2.05, 4.69) is 11.4 Å². The summed E-state index contributed by atoms with van der Waals surface area (Å²) in [6, 6.07) is 2.35. The van der Waals surface area contributed by atoms with Gasteiger partial charge in [0.05, 0.1) is 11.5 Å². The molecule has 1 heterocycles. The fourth-order valence-corrected chi connectivity index (χ4v) is 1.54. The number of hydrogen-bond donors (Lipinski definition) is 2. The second-order valence-electron chi connectivity index (χ2n) is 3.31. The van der Waals surface area contributed by atoms with Gasteiger partial charge in [-0.15, -0.1) is 12.4 Å². The molecule has 1 unspecified atom stereocenters. The Hall–Kier alpha value is -0.300. The van der Waals surface area contributed by atoms with Gasteiger partial charge in [-0.1, -0.05) is 0 Å². The Morgan fingerprint density at radius 2 is 2.00 bits per heavy atom. The summed E-state index contributed by atoms with van der Waals surface area (Å²) in [4.78, 5) is 0. The van der Waals surface area contributed by atoms with Crippen LogP contribution in [0.2, 0.25) is 0 Å². The van der Waals surface area contributed by atoms with Crippen LogP contribution in [0.5, 0.6) is 0 Å². The molecule has 1 fully saturated rings. The van der Waals surface area contributed by atoms with Crippen molar-refractivity contribution < 1.29 is 0 Å². The maximum atomic E-state index is 8.95. The van der Waals surface area contributed by atoms with Crippen LogP contribution in [-0.4, -0.2) is 19.1 Å². The predicted octanol–water partition coefficient (Wildman–Crippen LogP) is 0.649. The highest BCUT2D eigenvalue weighted by Gasteiger charge is 2.35. The van der Waals surface area contributed by atoms with E-state index in [4.69, 9.17) is 11.0 Å². The highest BCUT2D eigenvalue weighted by atomic mass is 35.5. The van der Waals surface area contributed by atoms with Crippen LogP contribution < -0.4 is 11.1 Å². The minimum absolute atomic E-state index is 0. The molecule has 1 saturated heterocycles. The van der Waals surface area contributed by atoms with E-state index in [1.165, 1.54) is 0 Å². The zero-order valence-electron chi connectivity index (χ0n) is 7.34. The van der Waals surface area contributed by atoms with Crippen molar-refractivity contribution in [2.75, 3.05) is 13.1 Å². The van der Waals surface area contributed by atoms with E-state index in [1.54, 1.807) is 0 Å². The molecule has 1 rings (SSSR count). The van der Waals surface area contributed by atoms with Crippen LogP contribution in [0.15, 0.2) is 0 Å². The maximum Gasteiger partial charge on any atom is 0.0746 e. The Bertz CT molecular complexity index is 168. The average molecular weight is 190 g/mol. The van der Waals surface area contributed by atoms with Gasteiger partial charge >= 0.3 is 0 Å². The van der Waals surface area contributed by atoms with E-state index in [-0.39, 0.29) is 23.9 Å². The van der Waals surface area contributed by atoms with Crippen LogP contribution in [0, 0.1) is 16.7 Å². The molecule has 0 amide bonds. The first kappa shape index (κ1) is 11.7. The van der Waals surface area contributed by atoms with Crippen LogP contribution in [0.25, 0.3) is 0 Å². The van der Waals surface area contributed by atoms with Crippen molar-refractivity contribution in [3.63, 3.8) is 0 Å². The fourth-order valence-electron chi connectivity index (χ4n) is 1.54. The summed E-state index contributed by atoms with van der Waals surface area (Å²) in [7, 11) is 0. The van der Waals surface area contributed by atoms with Gasteiger partial charge in [-0.2, -0.15) is 5.26 Å². The van der Waals surface area contributed by atoms with Crippen molar-refractivity contribution >= 4 is 12.4 Å². The minimum Gasteiger partial charge on any atom is -0.327 e. The molecule has 1 aliphatic rings. The van der Waals surface area contributed by atoms with Crippen molar-refractivity contribution in [3.05, 3.63) is 0 Å². The standard InChI is InChI=1S/C8H15N3.ClH/c1-7(10)8(6-9)2-4-11-5-3-8;/h7,11H,2-5,10H2,1H3;1H. The first-order chi connectivity index (χ1) is 5.21. The molecule has 0 aliphatic carbocycles. The summed E-state index contributed by atoms with van der Waals surface area (Å²) in [6.07, 6.45) is 1.78. The molecule has 4 heteroatoms. The lowest BCUT2D eigenvalue weighted by Crippen LogP contribution is -2.46. The molecule has 12 heavy (non-hydrogen) atoms. The molecular weight excluding hydrogens is 174 g/mol. The van der Waals surface area contributed by atoms with Crippen LogP contribution in [0.3, 0.4) is 0 Å². The second-order valence-corrected chi connectivity index (χ2v) is 3.31. The highest BCUT2D eigenvalue weighted by molar-refractivity contribution is 5.85. The van der Waals surface area contributed by atoms with Gasteiger partial charge in [0.1, 0.15) is 0 Å². The molecule has 0 saturated carbocycles. The Morgan fingerprint density at radius 1 is 1.50 bits per heavy atom. The molecule has 0 bridgehead atoms. The molecule has 1 atom stereocenters. The SMILES string of the molecule is CC(N)C1(C#N)CCNCC1.Cl. The second kappa shape index (κ2) is 4.66. The fraction of sp³-hybridized carbons (Fsp3) is 0.875. The predicted molar refractivity (Wildman–Crippen MR) is 51.0 cm³/mol. The molecular formula is C8H16ClN3. The summed E-state index contributed by atoms with van der Waals surface area (Å²) in [5.41, 5.74) is 5.50. The molecule has 0 radical (unpaired) electrons. The van der Waals surface area contributed by atoms with Crippen LogP contribution in [0.4, 0.5) is 0 Å². The third-order valence-corrected chi connectivity index (χ3v) is 2.59. The minimum atomic E-state index is -0.259. The number of halogens is 1. The van der Waals surface area contributed by atoms with Gasteiger partial charge < -0.3 is 11.1 Å². The number of piperidine rings is 1. The maximum absolute atomic E-state index is 8.95. The quantitative estimate of drug-likeness (QED) is 0.637. The van der Waals surface area contributed by atoms with Gasteiger partial charge in [0.25, 0.3) is 0 Å². The summed E-state index contributed by atoms with van der Waals surface area (Å²) in [5, 5.41) is 12.2. The van der Waals surface area contributed by atoms with Crippen molar-refractivity contribution in [1.82, 2.24) is 5.32 Å². The average Bonchev–Trinajstić information content (AvgIpc) is 2.05. The lowest BCUT2D eigenvalue weighted by molar-refractivity contribution is 0.240. The van der Waals surface area contributed by atoms with E-state index in [9.17, 15) is 0 Å². The van der Waals surface area contributed by atoms with Gasteiger partial charge in [-0.3, -0.25) is 0 Å². The smallest absolute Gasteiger partial charge is 0.0746 e. The zero-order valence-corrected chi connectivity index (χ0v) is 8.16. The largest absolute Gasteiger partial charge is 0.327 e. The third kappa shape index (κ3) is 2.10. The first-order valence-corrected chi connectivity index (χ1v) is 4.09. The van der Waals surface area contributed by atoms with E-state index < -0.39 is 0 Å². The number of nitriles is 1. The van der Waals surface area contributed by atoms with Crippen LogP contribution >= 0.6 is 12.4 Å². The monoisotopic (exact) mass is 189 g/mol. The van der Waals surface area contributed by atoms with Gasteiger partial charge in [0.15, 0.2) is 0 Å². The Morgan fingerprint density at radius 3 is 2.25 bits per heavy atom. The Kier molecular flexibility index (Phi) is 4.54. The molecule has 1 aliphatic heterocycles. The molecule has 70 valence electrons. The van der Waals surface area contributed by atoms with Crippen molar-refractivity contribution in [3.8, 4) is 6.07 Å². The van der Waals surface area contributed by atoms with E-state index in [0.29, 0.717) is 0 Å². The van der Waals surface area contributed by atoms with Crippen molar-refractivity contribution in [2.45, 2.75) is 25.8 Å². The molecule has 3 N–H and O–H groups in total. The van der Waals surface area contributed by atoms with Gasteiger partial charge in [-0.05, 0) is 32.9 Å². The Balaban J connectivity index is 0.00000121. The summed E-state index contributed by atoms with van der Waals surface area (Å²) < 4.78 is 0. The molecule has 3 nitrogen and oxygen atoms in total. The topological polar surface area (TPSA) is 61.8 Å². The zero-order chi connectivity index (χ0) is 8.32. The summed E-state index contributed by atoms with van der Waals surface area (Å²) >= 11 is 0. The molecule has 0 aromatic rings. The van der Waals surface area contributed by atoms with E-state index in [1.807, 2.05) is 6.92 Å². The lowest BCUT2D eigenvalue weighted by atomic mass is 9.75. The normalized spacial score (nSPS) is 23.4.